The van der Waals surface area contributed by atoms with Gasteiger partial charge in [0.15, 0.2) is 0 Å². The van der Waals surface area contributed by atoms with Crippen molar-refractivity contribution < 1.29 is 63.2 Å². The topological polar surface area (TPSA) is 205 Å². The van der Waals surface area contributed by atoms with Gasteiger partial charge in [-0.25, -0.2) is 0 Å². The van der Waals surface area contributed by atoms with Crippen molar-refractivity contribution >= 4 is 69.7 Å². The van der Waals surface area contributed by atoms with Crippen LogP contribution in [-0.4, -0.2) is 149 Å². The zero-order valence-electron chi connectivity index (χ0n) is 44.0. The van der Waals surface area contributed by atoms with E-state index >= 15 is 0 Å². The smallest absolute Gasteiger partial charge is 0.308 e. The summed E-state index contributed by atoms with van der Waals surface area (Å²) >= 11 is 24.5. The number of carbonyl (C=O) groups is 2. The van der Waals surface area contributed by atoms with E-state index in [-0.39, 0.29) is 55.6 Å². The van der Waals surface area contributed by atoms with Gasteiger partial charge in [-0.1, -0.05) is 58.5 Å². The van der Waals surface area contributed by atoms with Gasteiger partial charge in [-0.05, 0) is 176 Å². The molecule has 4 aliphatic rings. The largest absolute Gasteiger partial charge is 0.489 e. The molecule has 8 N–H and O–H groups in total. The maximum absolute atomic E-state index is 13.3. The second kappa shape index (κ2) is 29.6. The van der Waals surface area contributed by atoms with Crippen LogP contribution in [0.5, 0.6) is 11.5 Å². The molecule has 0 bridgehead atoms. The van der Waals surface area contributed by atoms with Crippen molar-refractivity contribution in [1.82, 2.24) is 15.1 Å². The summed E-state index contributed by atoms with van der Waals surface area (Å²) < 4.78 is 11.1. The minimum atomic E-state index is -0.990. The number of ether oxygens (including phenoxy) is 2. The molecular weight excluding hydrogens is 1090 g/mol. The number of anilines is 2. The van der Waals surface area contributed by atoms with E-state index in [9.17, 15) is 30.0 Å². The average Bonchev–Trinajstić information content (AvgIpc) is 4.23. The molecule has 0 saturated carbocycles. The summed E-state index contributed by atoms with van der Waals surface area (Å²) in [6.45, 7) is 14.9. The Balaban J connectivity index is 0.000000232. The molecule has 1 unspecified atom stereocenters. The molecule has 8 rings (SSSR count). The number of carboxylic acids is 1. The first kappa shape index (κ1) is 63.3. The van der Waals surface area contributed by atoms with Gasteiger partial charge in [-0.3, -0.25) is 9.59 Å². The number of aliphatic hydroxyl groups is 4. The molecule has 20 heteroatoms. The van der Waals surface area contributed by atoms with Gasteiger partial charge < -0.3 is 65.7 Å². The van der Waals surface area contributed by atoms with E-state index in [2.05, 4.69) is 24.9 Å². The fraction of sp³-hybridized carbons (Fsp3) is 0.536. The van der Waals surface area contributed by atoms with E-state index in [0.717, 1.165) is 76.3 Å². The third-order valence-electron chi connectivity index (χ3n) is 13.7. The summed E-state index contributed by atoms with van der Waals surface area (Å²) in [5.74, 6) is -0.223. The van der Waals surface area contributed by atoms with Crippen molar-refractivity contribution in [3.8, 4) is 11.5 Å². The van der Waals surface area contributed by atoms with Crippen LogP contribution in [0.2, 0.25) is 20.1 Å². The van der Waals surface area contributed by atoms with Gasteiger partial charge >= 0.3 is 5.97 Å². The fourth-order valence-corrected chi connectivity index (χ4v) is 10.2. The van der Waals surface area contributed by atoms with Gasteiger partial charge in [-0.15, -0.1) is 0 Å². The fourth-order valence-electron chi connectivity index (χ4n) is 9.46. The van der Waals surface area contributed by atoms with Gasteiger partial charge in [0.1, 0.15) is 30.8 Å². The molecule has 4 aromatic carbocycles. The Morgan fingerprint density at radius 2 is 1.04 bits per heavy atom. The maximum atomic E-state index is 13.3. The van der Waals surface area contributed by atoms with Gasteiger partial charge in [0.2, 0.25) is 5.91 Å². The SMILES string of the molecule is CC(C)(O)COc1ccc(C(O)[C@H](N)CN2CCCC2)cc1Cl.CC(C)(O)COc1ccc([C@@H](O)[C@@H](CN2CCCC2)NC(=O)[C@@H]2CCN(c3ccc(Cl)cc3)C2)cc1Cl.O=C(O)[C@@H]1CCN(c2ccc(Cl)cc2)C1.[V]. The number of carbonyl (C=O) groups excluding carboxylic acids is 1. The standard InChI is InChI=1S/C28H37Cl2N3O4.C17H27ClN2O3.C11H12ClNO2.V/c1-28(2,36)18-37-25-10-5-19(15-23(25)30)26(34)24(17-32-12-3-4-13-32)31-27(35)20-11-14-33(16-20)22-8-6-21(29)7-9-22;1-17(2,22)11-23-15-6-5-12(9-13(15)18)16(21)14(19)10-20-7-3-4-8-20;12-9-1-3-10(4-2-9)13-6-5-8(7-13)11(14)15;/h5-10,15,20,24,26,34,36H,3-4,11-14,16-18H2,1-2H3,(H,31,35);5-6,9,14,16,21-22H,3-4,7-8,10-11,19H2,1-2H3;1-4,8H,5-7H2,(H,14,15);/t20-,24-,26-;14-,16?;8-;/m111./s1. The summed E-state index contributed by atoms with van der Waals surface area (Å²) in [5, 5.41) is 55.6. The zero-order chi connectivity index (χ0) is 54.5. The third kappa shape index (κ3) is 20.0. The van der Waals surface area contributed by atoms with Crippen LogP contribution in [-0.2, 0) is 28.1 Å². The third-order valence-corrected chi connectivity index (χ3v) is 14.8. The van der Waals surface area contributed by atoms with E-state index < -0.39 is 35.4 Å². The van der Waals surface area contributed by atoms with Crippen LogP contribution in [0.3, 0.4) is 0 Å². The van der Waals surface area contributed by atoms with E-state index in [1.54, 1.807) is 64.1 Å². The van der Waals surface area contributed by atoms with Crippen molar-refractivity contribution in [3.63, 3.8) is 0 Å². The Morgan fingerprint density at radius 3 is 1.45 bits per heavy atom. The first-order valence-corrected chi connectivity index (χ1v) is 27.4. The van der Waals surface area contributed by atoms with Gasteiger partial charge in [-0.2, -0.15) is 0 Å². The number of aliphatic hydroxyl groups excluding tert-OH is 2. The first-order valence-electron chi connectivity index (χ1n) is 25.9. The number of hydrogen-bond donors (Lipinski definition) is 7. The minimum absolute atomic E-state index is 0. The van der Waals surface area contributed by atoms with Crippen molar-refractivity contribution in [2.24, 2.45) is 17.6 Å². The number of carboxylic acid groups (broad SMARTS) is 1. The molecule has 4 fully saturated rings. The van der Waals surface area contributed by atoms with Gasteiger partial charge in [0.25, 0.3) is 0 Å². The van der Waals surface area contributed by atoms with E-state index in [1.165, 1.54) is 12.8 Å². The summed E-state index contributed by atoms with van der Waals surface area (Å²) in [4.78, 5) is 33.0. The number of amides is 1. The molecule has 6 atom stereocenters. The number of nitrogens with zero attached hydrogens (tertiary/aromatic N) is 4. The van der Waals surface area contributed by atoms with Gasteiger partial charge in [0.05, 0.1) is 45.2 Å². The maximum Gasteiger partial charge on any atom is 0.308 e. The second-order valence-electron chi connectivity index (χ2n) is 21.4. The molecule has 1 radical (unpaired) electrons. The number of benzene rings is 4. The second-order valence-corrected chi connectivity index (χ2v) is 23.1. The molecule has 417 valence electrons. The number of hydrogen-bond acceptors (Lipinski definition) is 13. The van der Waals surface area contributed by atoms with Crippen molar-refractivity contribution in [2.45, 2.75) is 102 Å². The molecule has 4 aromatic rings. The van der Waals surface area contributed by atoms with Crippen LogP contribution >= 0.6 is 46.4 Å². The molecule has 0 aliphatic carbocycles. The number of halogens is 4. The Labute approximate surface area is 480 Å². The minimum Gasteiger partial charge on any atom is -0.489 e. The average molecular weight is 1170 g/mol. The van der Waals surface area contributed by atoms with E-state index in [1.807, 2.05) is 48.5 Å². The molecule has 4 aliphatic heterocycles. The number of likely N-dealkylation sites (tertiary alicyclic amines) is 2. The van der Waals surface area contributed by atoms with Crippen molar-refractivity contribution in [2.75, 3.05) is 88.5 Å². The number of rotatable bonds is 19. The molecule has 15 nitrogen and oxygen atoms in total. The Kier molecular flexibility index (Phi) is 24.7. The number of aliphatic carboxylic acids is 1. The van der Waals surface area contributed by atoms with Crippen LogP contribution in [0.15, 0.2) is 84.9 Å². The van der Waals surface area contributed by atoms with Crippen LogP contribution in [0.1, 0.15) is 89.6 Å². The molecule has 0 aromatic heterocycles. The summed E-state index contributed by atoms with van der Waals surface area (Å²) in [5.41, 5.74) is 7.60. The van der Waals surface area contributed by atoms with Crippen LogP contribution in [0.25, 0.3) is 0 Å². The summed E-state index contributed by atoms with van der Waals surface area (Å²) in [7, 11) is 0. The molecule has 1 amide bonds. The normalized spacial score (nSPS) is 19.6. The first-order chi connectivity index (χ1) is 35.5. The monoisotopic (exact) mass is 1170 g/mol. The molecule has 0 spiro atoms. The van der Waals surface area contributed by atoms with Gasteiger partial charge in [0, 0.05) is 85.3 Å². The van der Waals surface area contributed by atoms with Crippen LogP contribution in [0.4, 0.5) is 11.4 Å². The van der Waals surface area contributed by atoms with Crippen LogP contribution < -0.4 is 30.3 Å². The quantitative estimate of drug-likeness (QED) is 0.0471. The molecule has 76 heavy (non-hydrogen) atoms. The van der Waals surface area contributed by atoms with Crippen molar-refractivity contribution in [1.29, 1.82) is 0 Å². The molecule has 4 heterocycles. The zero-order valence-corrected chi connectivity index (χ0v) is 48.4. The van der Waals surface area contributed by atoms with Crippen LogP contribution in [0, 0.1) is 11.8 Å². The Morgan fingerprint density at radius 1 is 0.632 bits per heavy atom. The Bertz CT molecular complexity index is 2440. The summed E-state index contributed by atoms with van der Waals surface area (Å²) in [6, 6.07) is 24.6. The van der Waals surface area contributed by atoms with Crippen molar-refractivity contribution in [3.05, 3.63) is 116 Å². The molecule has 4 saturated heterocycles. The number of nitrogens with two attached hydrogens (primary N) is 1. The van der Waals surface area contributed by atoms with E-state index in [0.29, 0.717) is 68.9 Å². The van der Waals surface area contributed by atoms with E-state index in [4.69, 9.17) is 66.7 Å². The predicted octanol–water partition coefficient (Wildman–Crippen LogP) is 8.48. The molecular formula is C56H76Cl4N6O9V. The Hall–Kier alpha value is -3.52. The summed E-state index contributed by atoms with van der Waals surface area (Å²) in [6.07, 6.45) is 4.40. The predicted molar refractivity (Wildman–Crippen MR) is 299 cm³/mol. The number of nitrogens with one attached hydrogen (secondary N) is 1.